The molecule has 3 heterocycles. The van der Waals surface area contributed by atoms with Crippen molar-refractivity contribution in [3.8, 4) is 5.75 Å². The average Bonchev–Trinajstić information content (AvgIpc) is 3.22. The van der Waals surface area contributed by atoms with E-state index in [0.29, 0.717) is 12.5 Å². The smallest absolute Gasteiger partial charge is 0.159 e. The van der Waals surface area contributed by atoms with Gasteiger partial charge in [-0.15, -0.1) is 0 Å². The molecule has 0 aliphatic carbocycles. The highest BCUT2D eigenvalue weighted by Gasteiger charge is 2.28. The highest BCUT2D eigenvalue weighted by molar-refractivity contribution is 5.71. The summed E-state index contributed by atoms with van der Waals surface area (Å²) in [6, 6.07) is 12.3. The normalized spacial score (nSPS) is 18.1. The molecule has 3 aromatic rings. The number of hydrogen-bond donors (Lipinski definition) is 0. The quantitative estimate of drug-likeness (QED) is 0.716. The van der Waals surface area contributed by atoms with Crippen molar-refractivity contribution in [3.05, 3.63) is 54.0 Å². The predicted molar refractivity (Wildman–Crippen MR) is 98.8 cm³/mol. The van der Waals surface area contributed by atoms with E-state index in [0.717, 1.165) is 48.8 Å². The Bertz CT molecular complexity index is 873. The molecule has 25 heavy (non-hydrogen) atoms. The Balaban J connectivity index is 1.51. The van der Waals surface area contributed by atoms with Crippen LogP contribution < -0.4 is 4.74 Å². The molecule has 0 radical (unpaired) electrons. The van der Waals surface area contributed by atoms with Crippen molar-refractivity contribution in [1.29, 1.82) is 0 Å². The summed E-state index contributed by atoms with van der Waals surface area (Å²) in [6.45, 7) is 5.77. The molecule has 1 atom stereocenters. The molecule has 4 rings (SSSR count). The number of pyridine rings is 1. The van der Waals surface area contributed by atoms with E-state index in [1.165, 1.54) is 5.56 Å². The van der Waals surface area contributed by atoms with Crippen molar-refractivity contribution < 1.29 is 4.74 Å². The predicted octanol–water partition coefficient (Wildman–Crippen LogP) is 3.36. The van der Waals surface area contributed by atoms with Crippen LogP contribution in [0.4, 0.5) is 0 Å². The Kier molecular flexibility index (Phi) is 4.40. The van der Waals surface area contributed by atoms with Crippen LogP contribution in [0.25, 0.3) is 11.2 Å². The third kappa shape index (κ3) is 3.12. The van der Waals surface area contributed by atoms with Crippen molar-refractivity contribution >= 4 is 11.2 Å². The summed E-state index contributed by atoms with van der Waals surface area (Å²) in [5, 5.41) is 0. The van der Waals surface area contributed by atoms with Crippen LogP contribution in [0.15, 0.2) is 42.6 Å². The number of nitrogens with zero attached hydrogens (tertiary/aromatic N) is 4. The maximum atomic E-state index is 5.77. The van der Waals surface area contributed by atoms with E-state index < -0.39 is 0 Å². The van der Waals surface area contributed by atoms with Gasteiger partial charge in [0.2, 0.25) is 0 Å². The van der Waals surface area contributed by atoms with Gasteiger partial charge in [-0.1, -0.05) is 18.2 Å². The molecule has 0 N–H and O–H groups in total. The zero-order valence-corrected chi connectivity index (χ0v) is 14.9. The minimum Gasteiger partial charge on any atom is -0.494 e. The van der Waals surface area contributed by atoms with Gasteiger partial charge in [0.15, 0.2) is 5.65 Å². The second kappa shape index (κ2) is 6.84. The van der Waals surface area contributed by atoms with Gasteiger partial charge in [0.25, 0.3) is 0 Å². The number of imidazole rings is 1. The lowest BCUT2D eigenvalue weighted by molar-refractivity contribution is 0.301. The molecule has 130 valence electrons. The van der Waals surface area contributed by atoms with E-state index in [1.807, 2.05) is 31.3 Å². The van der Waals surface area contributed by atoms with Crippen LogP contribution in [-0.2, 0) is 13.6 Å². The molecule has 2 aromatic heterocycles. The number of aromatic nitrogens is 3. The van der Waals surface area contributed by atoms with Gasteiger partial charge in [-0.25, -0.2) is 9.97 Å². The number of ether oxygens (including phenoxy) is 1. The Morgan fingerprint density at radius 3 is 2.92 bits per heavy atom. The van der Waals surface area contributed by atoms with Crippen molar-refractivity contribution in [3.63, 3.8) is 0 Å². The number of benzene rings is 1. The monoisotopic (exact) mass is 336 g/mol. The van der Waals surface area contributed by atoms with Crippen LogP contribution in [0, 0.1) is 0 Å². The zero-order valence-electron chi connectivity index (χ0n) is 14.9. The summed E-state index contributed by atoms with van der Waals surface area (Å²) < 4.78 is 7.92. The Morgan fingerprint density at radius 2 is 2.08 bits per heavy atom. The number of para-hydroxylation sites is 1. The molecule has 1 fully saturated rings. The first kappa shape index (κ1) is 16.1. The topological polar surface area (TPSA) is 43.2 Å². The van der Waals surface area contributed by atoms with Gasteiger partial charge >= 0.3 is 0 Å². The van der Waals surface area contributed by atoms with Gasteiger partial charge in [0.05, 0.1) is 6.61 Å². The van der Waals surface area contributed by atoms with Crippen LogP contribution in [0.3, 0.4) is 0 Å². The van der Waals surface area contributed by atoms with E-state index in [-0.39, 0.29) is 0 Å². The standard InChI is InChI=1S/C20H24N4O/c1-3-25-18-9-5-4-7-15(18)13-24-12-10-16(14-24)19-22-17-8-6-11-21-20(17)23(19)2/h4-9,11,16H,3,10,12-14H2,1-2H3/t16-/m0/s1. The molecule has 0 spiro atoms. The lowest BCUT2D eigenvalue weighted by Crippen LogP contribution is -2.21. The third-order valence-corrected chi connectivity index (χ3v) is 4.97. The van der Waals surface area contributed by atoms with E-state index in [4.69, 9.17) is 9.72 Å². The summed E-state index contributed by atoms with van der Waals surface area (Å²) in [5.74, 6) is 2.60. The zero-order chi connectivity index (χ0) is 17.2. The van der Waals surface area contributed by atoms with Crippen molar-refractivity contribution in [2.45, 2.75) is 25.8 Å². The molecule has 1 aromatic carbocycles. The minimum atomic E-state index is 0.457. The SMILES string of the molecule is CCOc1ccccc1CN1CC[C@H](c2nc3cccnc3n2C)C1. The molecule has 0 saturated carbocycles. The maximum absolute atomic E-state index is 5.77. The van der Waals surface area contributed by atoms with Gasteiger partial charge in [-0.05, 0) is 38.1 Å². The molecule has 5 heteroatoms. The summed E-state index contributed by atoms with van der Waals surface area (Å²) in [5.41, 5.74) is 3.22. The van der Waals surface area contributed by atoms with E-state index in [9.17, 15) is 0 Å². The fourth-order valence-electron chi connectivity index (χ4n) is 3.76. The highest BCUT2D eigenvalue weighted by Crippen LogP contribution is 2.30. The van der Waals surface area contributed by atoms with Crippen LogP contribution in [-0.4, -0.2) is 39.1 Å². The minimum absolute atomic E-state index is 0.457. The lowest BCUT2D eigenvalue weighted by Gasteiger charge is -2.18. The average molecular weight is 336 g/mol. The number of likely N-dealkylation sites (tertiary alicyclic amines) is 1. The molecule has 0 bridgehead atoms. The largest absolute Gasteiger partial charge is 0.494 e. The first-order chi connectivity index (χ1) is 12.3. The van der Waals surface area contributed by atoms with Crippen LogP contribution in [0.2, 0.25) is 0 Å². The number of hydrogen-bond acceptors (Lipinski definition) is 4. The molecular weight excluding hydrogens is 312 g/mol. The van der Waals surface area contributed by atoms with Gasteiger partial charge in [-0.2, -0.15) is 0 Å². The Labute approximate surface area is 148 Å². The summed E-state index contributed by atoms with van der Waals surface area (Å²) in [6.07, 6.45) is 2.97. The third-order valence-electron chi connectivity index (χ3n) is 4.97. The fraction of sp³-hybridized carbons (Fsp3) is 0.400. The van der Waals surface area contributed by atoms with Gasteiger partial charge < -0.3 is 9.30 Å². The fourth-order valence-corrected chi connectivity index (χ4v) is 3.76. The van der Waals surface area contributed by atoms with Crippen LogP contribution in [0.5, 0.6) is 5.75 Å². The van der Waals surface area contributed by atoms with Crippen LogP contribution in [0.1, 0.15) is 30.7 Å². The maximum Gasteiger partial charge on any atom is 0.159 e. The summed E-state index contributed by atoms with van der Waals surface area (Å²) in [4.78, 5) is 11.8. The number of fused-ring (bicyclic) bond motifs is 1. The van der Waals surface area contributed by atoms with E-state index in [2.05, 4.69) is 39.7 Å². The van der Waals surface area contributed by atoms with Gasteiger partial charge in [-0.3, -0.25) is 4.90 Å². The summed E-state index contributed by atoms with van der Waals surface area (Å²) >= 11 is 0. The Hall–Kier alpha value is -2.40. The van der Waals surface area contributed by atoms with Gasteiger partial charge in [0.1, 0.15) is 17.1 Å². The molecular formula is C20H24N4O. The van der Waals surface area contributed by atoms with Crippen molar-refractivity contribution in [2.75, 3.05) is 19.7 Å². The second-order valence-electron chi connectivity index (χ2n) is 6.64. The second-order valence-corrected chi connectivity index (χ2v) is 6.64. The highest BCUT2D eigenvalue weighted by atomic mass is 16.5. The lowest BCUT2D eigenvalue weighted by atomic mass is 10.1. The Morgan fingerprint density at radius 1 is 1.20 bits per heavy atom. The van der Waals surface area contributed by atoms with E-state index in [1.54, 1.807) is 0 Å². The molecule has 5 nitrogen and oxygen atoms in total. The molecule has 1 aliphatic rings. The van der Waals surface area contributed by atoms with Crippen molar-refractivity contribution in [2.24, 2.45) is 7.05 Å². The summed E-state index contributed by atoms with van der Waals surface area (Å²) in [7, 11) is 2.07. The first-order valence-corrected chi connectivity index (χ1v) is 8.96. The number of aryl methyl sites for hydroxylation is 1. The molecule has 0 amide bonds. The molecule has 1 saturated heterocycles. The van der Waals surface area contributed by atoms with Crippen molar-refractivity contribution in [1.82, 2.24) is 19.4 Å². The van der Waals surface area contributed by atoms with E-state index >= 15 is 0 Å². The van der Waals surface area contributed by atoms with Gasteiger partial charge in [0, 0.05) is 37.8 Å². The molecule has 0 unspecified atom stereocenters. The first-order valence-electron chi connectivity index (χ1n) is 8.96. The number of rotatable bonds is 5. The van der Waals surface area contributed by atoms with Crippen LogP contribution >= 0.6 is 0 Å². The molecule has 1 aliphatic heterocycles.